The van der Waals surface area contributed by atoms with Crippen LogP contribution in [0, 0.1) is 0 Å². The van der Waals surface area contributed by atoms with Gasteiger partial charge in [-0.2, -0.15) is 5.10 Å². The van der Waals surface area contributed by atoms with Gasteiger partial charge in [0.1, 0.15) is 5.69 Å². The lowest BCUT2D eigenvalue weighted by atomic mass is 9.71. The number of ether oxygens (including phenoxy) is 1. The number of piperidine rings is 1. The van der Waals surface area contributed by atoms with Crippen LogP contribution in [0.25, 0.3) is 0 Å². The standard InChI is InChI=1S/C25H34N4O3/c1-5-9-17-16-20(28(3)27-17)24(31)29-14-12-25(13-15-29)19-11-8-7-10-18(19)22(23(25)32-4)26-21(30)6-2/h7-8,10-11,16,22-23H,5-6,9,12-15H2,1-4H3,(H,26,30)/t22-,23+/m1/s1. The van der Waals surface area contributed by atoms with Crippen molar-refractivity contribution in [1.29, 1.82) is 0 Å². The molecule has 1 N–H and O–H groups in total. The van der Waals surface area contributed by atoms with Gasteiger partial charge in [0.05, 0.1) is 17.8 Å². The Kier molecular flexibility index (Phi) is 6.38. The molecule has 1 aliphatic carbocycles. The zero-order valence-electron chi connectivity index (χ0n) is 19.6. The van der Waals surface area contributed by atoms with Crippen molar-refractivity contribution in [2.24, 2.45) is 7.05 Å². The Morgan fingerprint density at radius 1 is 1.22 bits per heavy atom. The summed E-state index contributed by atoms with van der Waals surface area (Å²) < 4.78 is 7.75. The van der Waals surface area contributed by atoms with Crippen LogP contribution in [-0.2, 0) is 28.4 Å². The van der Waals surface area contributed by atoms with Crippen LogP contribution in [0.2, 0.25) is 0 Å². The molecule has 0 bridgehead atoms. The maximum absolute atomic E-state index is 13.3. The summed E-state index contributed by atoms with van der Waals surface area (Å²) in [4.78, 5) is 27.5. The fraction of sp³-hybridized carbons (Fsp3) is 0.560. The lowest BCUT2D eigenvalue weighted by molar-refractivity contribution is -0.123. The quantitative estimate of drug-likeness (QED) is 0.752. The number of nitrogens with one attached hydrogen (secondary N) is 1. The molecule has 172 valence electrons. The Morgan fingerprint density at radius 3 is 2.59 bits per heavy atom. The van der Waals surface area contributed by atoms with Gasteiger partial charge in [0, 0.05) is 39.1 Å². The molecular weight excluding hydrogens is 404 g/mol. The van der Waals surface area contributed by atoms with Crippen LogP contribution in [0.5, 0.6) is 0 Å². The van der Waals surface area contributed by atoms with Crippen molar-refractivity contribution in [3.63, 3.8) is 0 Å². The molecule has 2 aromatic rings. The molecule has 0 saturated carbocycles. The third kappa shape index (κ3) is 3.72. The van der Waals surface area contributed by atoms with E-state index in [0.717, 1.165) is 36.9 Å². The molecule has 2 amide bonds. The van der Waals surface area contributed by atoms with Crippen molar-refractivity contribution >= 4 is 11.8 Å². The van der Waals surface area contributed by atoms with Crippen LogP contribution >= 0.6 is 0 Å². The molecule has 32 heavy (non-hydrogen) atoms. The number of aryl methyl sites for hydroxylation is 2. The summed E-state index contributed by atoms with van der Waals surface area (Å²) in [5, 5.41) is 7.68. The number of hydrogen-bond acceptors (Lipinski definition) is 4. The van der Waals surface area contributed by atoms with E-state index in [1.54, 1.807) is 11.8 Å². The molecule has 1 aromatic heterocycles. The van der Waals surface area contributed by atoms with Gasteiger partial charge in [-0.3, -0.25) is 14.3 Å². The van der Waals surface area contributed by atoms with Crippen LogP contribution in [0.3, 0.4) is 0 Å². The first-order valence-electron chi connectivity index (χ1n) is 11.7. The third-order valence-corrected chi connectivity index (χ3v) is 7.17. The Bertz CT molecular complexity index is 991. The van der Waals surface area contributed by atoms with E-state index >= 15 is 0 Å². The predicted octanol–water partition coefficient (Wildman–Crippen LogP) is 3.14. The van der Waals surface area contributed by atoms with Crippen molar-refractivity contribution in [3.05, 3.63) is 52.8 Å². The van der Waals surface area contributed by atoms with Gasteiger partial charge < -0.3 is 15.0 Å². The van der Waals surface area contributed by atoms with E-state index in [1.807, 2.05) is 31.0 Å². The molecule has 7 nitrogen and oxygen atoms in total. The Balaban J connectivity index is 1.57. The third-order valence-electron chi connectivity index (χ3n) is 7.17. The molecule has 1 aliphatic heterocycles. The van der Waals surface area contributed by atoms with E-state index in [2.05, 4.69) is 35.5 Å². The minimum absolute atomic E-state index is 0.0237. The van der Waals surface area contributed by atoms with Crippen LogP contribution in [0.4, 0.5) is 0 Å². The number of likely N-dealkylation sites (tertiary alicyclic amines) is 1. The zero-order chi connectivity index (χ0) is 22.9. The SMILES string of the molecule is CCCc1cc(C(=O)N2CCC3(CC2)c2ccccc2[C@@H](NC(=O)CC)[C@@H]3OC)n(C)n1. The van der Waals surface area contributed by atoms with Gasteiger partial charge in [-0.25, -0.2) is 0 Å². The number of carbonyl (C=O) groups excluding carboxylic acids is 2. The van der Waals surface area contributed by atoms with Crippen LogP contribution in [0.15, 0.2) is 30.3 Å². The van der Waals surface area contributed by atoms with Gasteiger partial charge in [-0.05, 0) is 36.5 Å². The van der Waals surface area contributed by atoms with E-state index in [1.165, 1.54) is 5.56 Å². The van der Waals surface area contributed by atoms with Crippen molar-refractivity contribution in [3.8, 4) is 0 Å². The van der Waals surface area contributed by atoms with E-state index in [-0.39, 0.29) is 29.4 Å². The molecule has 1 aromatic carbocycles. The minimum Gasteiger partial charge on any atom is -0.378 e. The molecule has 2 aliphatic rings. The lowest BCUT2D eigenvalue weighted by Gasteiger charge is -2.44. The van der Waals surface area contributed by atoms with Gasteiger partial charge in [0.25, 0.3) is 5.91 Å². The first kappa shape index (κ1) is 22.5. The second kappa shape index (κ2) is 9.06. The van der Waals surface area contributed by atoms with E-state index in [9.17, 15) is 9.59 Å². The highest BCUT2D eigenvalue weighted by atomic mass is 16.5. The number of carbonyl (C=O) groups is 2. The number of rotatable bonds is 6. The van der Waals surface area contributed by atoms with Gasteiger partial charge in [0.2, 0.25) is 5.91 Å². The molecule has 1 spiro atoms. The van der Waals surface area contributed by atoms with Crippen molar-refractivity contribution < 1.29 is 14.3 Å². The predicted molar refractivity (Wildman–Crippen MR) is 122 cm³/mol. The minimum atomic E-state index is -0.215. The first-order chi connectivity index (χ1) is 15.4. The number of nitrogens with zero attached hydrogens (tertiary/aromatic N) is 3. The Labute approximate surface area is 190 Å². The van der Waals surface area contributed by atoms with Crippen molar-refractivity contribution in [1.82, 2.24) is 20.0 Å². The Hall–Kier alpha value is -2.67. The van der Waals surface area contributed by atoms with Gasteiger partial charge >= 0.3 is 0 Å². The summed E-state index contributed by atoms with van der Waals surface area (Å²) in [6.45, 7) is 5.27. The average Bonchev–Trinajstić information content (AvgIpc) is 3.29. The first-order valence-corrected chi connectivity index (χ1v) is 11.7. The number of aromatic nitrogens is 2. The maximum Gasteiger partial charge on any atom is 0.272 e. The largest absolute Gasteiger partial charge is 0.378 e. The second-order valence-electron chi connectivity index (χ2n) is 8.99. The van der Waals surface area contributed by atoms with Crippen molar-refractivity contribution in [2.75, 3.05) is 20.2 Å². The molecule has 7 heteroatoms. The molecule has 1 fully saturated rings. The molecular formula is C25H34N4O3. The summed E-state index contributed by atoms with van der Waals surface area (Å²) in [6.07, 6.45) is 3.76. The smallest absolute Gasteiger partial charge is 0.272 e. The monoisotopic (exact) mass is 438 g/mol. The summed E-state index contributed by atoms with van der Waals surface area (Å²) in [5.74, 6) is 0.0592. The molecule has 0 radical (unpaired) electrons. The van der Waals surface area contributed by atoms with Gasteiger partial charge in [0.15, 0.2) is 0 Å². The topological polar surface area (TPSA) is 76.5 Å². The normalized spacial score (nSPS) is 21.6. The summed E-state index contributed by atoms with van der Waals surface area (Å²) in [5.41, 5.74) is 3.77. The summed E-state index contributed by atoms with van der Waals surface area (Å²) in [7, 11) is 3.57. The molecule has 2 atom stereocenters. The van der Waals surface area contributed by atoms with Gasteiger partial charge in [-0.15, -0.1) is 0 Å². The number of methoxy groups -OCH3 is 1. The highest BCUT2D eigenvalue weighted by molar-refractivity contribution is 5.92. The highest BCUT2D eigenvalue weighted by Gasteiger charge is 2.54. The number of amides is 2. The number of fused-ring (bicyclic) bond motifs is 2. The fourth-order valence-corrected chi connectivity index (χ4v) is 5.58. The van der Waals surface area contributed by atoms with Crippen LogP contribution in [0.1, 0.15) is 72.9 Å². The lowest BCUT2D eigenvalue weighted by Crippen LogP contribution is -2.51. The second-order valence-corrected chi connectivity index (χ2v) is 8.99. The number of benzene rings is 1. The summed E-state index contributed by atoms with van der Waals surface area (Å²) >= 11 is 0. The van der Waals surface area contributed by atoms with Crippen LogP contribution in [-0.4, -0.2) is 52.8 Å². The van der Waals surface area contributed by atoms with E-state index in [4.69, 9.17) is 4.74 Å². The molecule has 0 unspecified atom stereocenters. The molecule has 1 saturated heterocycles. The Morgan fingerprint density at radius 2 is 1.94 bits per heavy atom. The molecule has 4 rings (SSSR count). The zero-order valence-corrected chi connectivity index (χ0v) is 19.6. The average molecular weight is 439 g/mol. The van der Waals surface area contributed by atoms with Gasteiger partial charge in [-0.1, -0.05) is 44.5 Å². The maximum atomic E-state index is 13.3. The van der Waals surface area contributed by atoms with Crippen LogP contribution < -0.4 is 5.32 Å². The fourth-order valence-electron chi connectivity index (χ4n) is 5.58. The van der Waals surface area contributed by atoms with Crippen molar-refractivity contribution in [2.45, 2.75) is 63.5 Å². The molecule has 2 heterocycles. The highest BCUT2D eigenvalue weighted by Crippen LogP contribution is 2.52. The van der Waals surface area contributed by atoms with E-state index in [0.29, 0.717) is 25.2 Å². The van der Waals surface area contributed by atoms with E-state index < -0.39 is 0 Å². The number of hydrogen-bond donors (Lipinski definition) is 1. The summed E-state index contributed by atoms with van der Waals surface area (Å²) in [6, 6.07) is 10.1.